The van der Waals surface area contributed by atoms with Crippen LogP contribution in [-0.4, -0.2) is 33.5 Å². The number of rotatable bonds is 2. The van der Waals surface area contributed by atoms with Gasteiger partial charge >= 0.3 is 5.97 Å². The van der Waals surface area contributed by atoms with Gasteiger partial charge in [-0.3, -0.25) is 4.79 Å². The standard InChI is InChI=1S/C20H30O5/c1-17(2,23)12-11-20-9-6-14-18(3,15(20)10-13(12)24-25-20)7-5-8-19(14,4)16(21)22/h11,13-15,23H,5-10H2,1-4H3,(H,21,22)/t13-,14-,15-,18+,19-,20-/m1/s1. The Kier molecular flexibility index (Phi) is 3.56. The first-order valence-corrected chi connectivity index (χ1v) is 9.56. The predicted octanol–water partition coefficient (Wildman–Crippen LogP) is 3.46. The zero-order valence-electron chi connectivity index (χ0n) is 15.7. The quantitative estimate of drug-likeness (QED) is 0.589. The molecule has 140 valence electrons. The number of carboxylic acids is 1. The van der Waals surface area contributed by atoms with Crippen molar-refractivity contribution in [3.8, 4) is 0 Å². The van der Waals surface area contributed by atoms with E-state index in [2.05, 4.69) is 13.0 Å². The molecule has 2 N–H and O–H groups in total. The van der Waals surface area contributed by atoms with E-state index < -0.39 is 22.6 Å². The lowest BCUT2D eigenvalue weighted by Gasteiger charge is -2.65. The Labute approximate surface area is 149 Å². The van der Waals surface area contributed by atoms with Crippen molar-refractivity contribution in [1.29, 1.82) is 0 Å². The molecule has 0 aromatic carbocycles. The first-order valence-electron chi connectivity index (χ1n) is 9.56. The van der Waals surface area contributed by atoms with Gasteiger partial charge in [-0.25, -0.2) is 9.78 Å². The maximum Gasteiger partial charge on any atom is 0.309 e. The molecule has 2 saturated carbocycles. The highest BCUT2D eigenvalue weighted by Gasteiger charge is 2.66. The summed E-state index contributed by atoms with van der Waals surface area (Å²) in [7, 11) is 0. The van der Waals surface area contributed by atoms with Gasteiger partial charge in [0.1, 0.15) is 11.7 Å². The molecule has 0 amide bonds. The lowest BCUT2D eigenvalue weighted by atomic mass is 9.43. The number of carbonyl (C=O) groups is 1. The number of carboxylic acid groups (broad SMARTS) is 1. The van der Waals surface area contributed by atoms with Crippen LogP contribution >= 0.6 is 0 Å². The van der Waals surface area contributed by atoms with E-state index in [0.29, 0.717) is 0 Å². The number of hydrogen-bond acceptors (Lipinski definition) is 4. The predicted molar refractivity (Wildman–Crippen MR) is 91.6 cm³/mol. The molecule has 5 heteroatoms. The first-order chi connectivity index (χ1) is 11.5. The third kappa shape index (κ3) is 2.22. The van der Waals surface area contributed by atoms with E-state index in [9.17, 15) is 15.0 Å². The van der Waals surface area contributed by atoms with Crippen molar-refractivity contribution in [3.05, 3.63) is 11.6 Å². The summed E-state index contributed by atoms with van der Waals surface area (Å²) in [6.45, 7) is 7.80. The molecule has 5 nitrogen and oxygen atoms in total. The minimum absolute atomic E-state index is 0.0761. The molecular formula is C20H30O5. The highest BCUT2D eigenvalue weighted by Crippen LogP contribution is 2.67. The zero-order chi connectivity index (χ0) is 18.3. The van der Waals surface area contributed by atoms with Gasteiger partial charge in [-0.1, -0.05) is 13.3 Å². The Bertz CT molecular complexity index is 634. The summed E-state index contributed by atoms with van der Waals surface area (Å²) < 4.78 is 0. The summed E-state index contributed by atoms with van der Waals surface area (Å²) >= 11 is 0. The lowest BCUT2D eigenvalue weighted by Crippen LogP contribution is -2.65. The monoisotopic (exact) mass is 350 g/mol. The smallest absolute Gasteiger partial charge is 0.309 e. The summed E-state index contributed by atoms with van der Waals surface area (Å²) in [4.78, 5) is 23.6. The van der Waals surface area contributed by atoms with Crippen molar-refractivity contribution >= 4 is 5.97 Å². The molecule has 5 rings (SSSR count). The molecule has 3 aliphatic carbocycles. The summed E-state index contributed by atoms with van der Waals surface area (Å²) in [5.41, 5.74) is -1.27. The van der Waals surface area contributed by atoms with Gasteiger partial charge in [-0.15, -0.1) is 0 Å². The van der Waals surface area contributed by atoms with Crippen molar-refractivity contribution in [2.24, 2.45) is 22.7 Å². The van der Waals surface area contributed by atoms with E-state index in [1.807, 2.05) is 6.92 Å². The van der Waals surface area contributed by atoms with Gasteiger partial charge in [0, 0.05) is 5.92 Å². The fourth-order valence-corrected chi connectivity index (χ4v) is 6.61. The Balaban J connectivity index is 1.77. The lowest BCUT2D eigenvalue weighted by molar-refractivity contribution is -0.435. The minimum atomic E-state index is -0.924. The fraction of sp³-hybridized carbons (Fsp3) is 0.850. The van der Waals surface area contributed by atoms with Crippen LogP contribution in [0.4, 0.5) is 0 Å². The molecule has 1 spiro atoms. The largest absolute Gasteiger partial charge is 0.481 e. The van der Waals surface area contributed by atoms with E-state index in [-0.39, 0.29) is 23.4 Å². The summed E-state index contributed by atoms with van der Waals surface area (Å²) in [6, 6.07) is 0. The molecular weight excluding hydrogens is 320 g/mol. The van der Waals surface area contributed by atoms with Gasteiger partial charge in [0.05, 0.1) is 11.0 Å². The van der Waals surface area contributed by atoms with Crippen LogP contribution in [0.15, 0.2) is 11.6 Å². The van der Waals surface area contributed by atoms with E-state index >= 15 is 0 Å². The van der Waals surface area contributed by atoms with Crippen LogP contribution in [0.25, 0.3) is 0 Å². The molecule has 2 aliphatic heterocycles. The third-order valence-corrected chi connectivity index (χ3v) is 7.90. The van der Waals surface area contributed by atoms with Gasteiger partial charge in [-0.2, -0.15) is 0 Å². The second-order valence-electron chi connectivity index (χ2n) is 9.74. The molecule has 2 heterocycles. The van der Waals surface area contributed by atoms with Gasteiger partial charge < -0.3 is 10.2 Å². The second kappa shape index (κ2) is 5.08. The average Bonchev–Trinajstić information content (AvgIpc) is 2.53. The van der Waals surface area contributed by atoms with Crippen LogP contribution in [0.2, 0.25) is 0 Å². The maximum atomic E-state index is 12.1. The van der Waals surface area contributed by atoms with E-state index in [1.165, 1.54) is 0 Å². The van der Waals surface area contributed by atoms with E-state index in [0.717, 1.165) is 44.1 Å². The average molecular weight is 350 g/mol. The molecule has 3 fully saturated rings. The highest BCUT2D eigenvalue weighted by atomic mass is 17.2. The number of aliphatic carboxylic acids is 1. The van der Waals surface area contributed by atoms with Crippen LogP contribution in [0.1, 0.15) is 66.2 Å². The number of hydrogen-bond donors (Lipinski definition) is 2. The van der Waals surface area contributed by atoms with Crippen molar-refractivity contribution in [3.63, 3.8) is 0 Å². The molecule has 0 aromatic rings. The molecule has 5 aliphatic rings. The van der Waals surface area contributed by atoms with Gasteiger partial charge in [0.2, 0.25) is 0 Å². The van der Waals surface area contributed by atoms with Crippen LogP contribution in [-0.2, 0) is 14.6 Å². The Morgan fingerprint density at radius 3 is 2.60 bits per heavy atom. The molecule has 25 heavy (non-hydrogen) atoms. The van der Waals surface area contributed by atoms with E-state index in [1.54, 1.807) is 13.8 Å². The van der Waals surface area contributed by atoms with Crippen LogP contribution in [0.5, 0.6) is 0 Å². The molecule has 0 aromatic heterocycles. The topological polar surface area (TPSA) is 76.0 Å². The van der Waals surface area contributed by atoms with Crippen LogP contribution < -0.4 is 0 Å². The Morgan fingerprint density at radius 1 is 1.24 bits per heavy atom. The first kappa shape index (κ1) is 17.5. The zero-order valence-corrected chi connectivity index (χ0v) is 15.7. The third-order valence-electron chi connectivity index (χ3n) is 7.90. The molecule has 1 saturated heterocycles. The summed E-state index contributed by atoms with van der Waals surface area (Å²) in [6.07, 6.45) is 6.99. The Hall–Kier alpha value is -0.910. The fourth-order valence-electron chi connectivity index (χ4n) is 6.61. The number of fused-ring (bicyclic) bond motifs is 2. The minimum Gasteiger partial charge on any atom is -0.481 e. The number of aliphatic hydroxyl groups is 1. The van der Waals surface area contributed by atoms with E-state index in [4.69, 9.17) is 9.78 Å². The highest BCUT2D eigenvalue weighted by molar-refractivity contribution is 5.75. The van der Waals surface area contributed by atoms with Crippen LogP contribution in [0.3, 0.4) is 0 Å². The second-order valence-corrected chi connectivity index (χ2v) is 9.74. The molecule has 2 bridgehead atoms. The normalized spacial score (nSPS) is 49.2. The summed E-state index contributed by atoms with van der Waals surface area (Å²) in [5.74, 6) is -0.267. The van der Waals surface area contributed by atoms with Gasteiger partial charge in [-0.05, 0) is 75.9 Å². The van der Waals surface area contributed by atoms with Crippen LogP contribution in [0, 0.1) is 22.7 Å². The van der Waals surface area contributed by atoms with Crippen molar-refractivity contribution in [1.82, 2.24) is 0 Å². The summed E-state index contributed by atoms with van der Waals surface area (Å²) in [5, 5.41) is 20.4. The van der Waals surface area contributed by atoms with Crippen molar-refractivity contribution < 1.29 is 24.8 Å². The maximum absolute atomic E-state index is 12.1. The Morgan fingerprint density at radius 2 is 1.96 bits per heavy atom. The molecule has 0 radical (unpaired) electrons. The molecule has 0 unspecified atom stereocenters. The molecule has 6 atom stereocenters. The van der Waals surface area contributed by atoms with Gasteiger partial charge in [0.25, 0.3) is 0 Å². The SMILES string of the molecule is CC(C)(O)C1=C[C@]23CC[C@@H]4[C@](C)(CCC[C@@]4(C)C(=O)O)[C@H]2C[C@H]1OO3. The van der Waals surface area contributed by atoms with Crippen molar-refractivity contribution in [2.75, 3.05) is 0 Å². The van der Waals surface area contributed by atoms with Gasteiger partial charge in [0.15, 0.2) is 0 Å². The van der Waals surface area contributed by atoms with Crippen molar-refractivity contribution in [2.45, 2.75) is 83.5 Å².